The summed E-state index contributed by atoms with van der Waals surface area (Å²) in [4.78, 5) is 47.5. The number of aryl methyl sites for hydroxylation is 1. The highest BCUT2D eigenvalue weighted by molar-refractivity contribution is 7.20. The molecule has 0 unspecified atom stereocenters. The zero-order chi connectivity index (χ0) is 24.4. The van der Waals surface area contributed by atoms with Crippen molar-refractivity contribution in [3.8, 4) is 0 Å². The van der Waals surface area contributed by atoms with Crippen molar-refractivity contribution in [3.63, 3.8) is 0 Å². The lowest BCUT2D eigenvalue weighted by Gasteiger charge is -2.09. The lowest BCUT2D eigenvalue weighted by molar-refractivity contribution is -0.116. The van der Waals surface area contributed by atoms with Crippen molar-refractivity contribution in [2.24, 2.45) is 0 Å². The highest BCUT2D eigenvalue weighted by Crippen LogP contribution is 2.27. The van der Waals surface area contributed by atoms with Crippen LogP contribution < -0.4 is 16.2 Å². The van der Waals surface area contributed by atoms with Crippen molar-refractivity contribution in [3.05, 3.63) is 80.3 Å². The van der Waals surface area contributed by atoms with Crippen LogP contribution >= 0.6 is 22.9 Å². The molecule has 8 nitrogen and oxygen atoms in total. The van der Waals surface area contributed by atoms with Crippen molar-refractivity contribution in [2.75, 3.05) is 10.6 Å². The first kappa shape index (κ1) is 23.6. The molecule has 4 aromatic rings. The molecular weight excluding hydrogens is 474 g/mol. The first-order valence-electron chi connectivity index (χ1n) is 10.5. The van der Waals surface area contributed by atoms with Gasteiger partial charge in [-0.1, -0.05) is 37.6 Å². The van der Waals surface area contributed by atoms with E-state index in [1.807, 2.05) is 24.3 Å². The monoisotopic (exact) mass is 495 g/mol. The summed E-state index contributed by atoms with van der Waals surface area (Å²) >= 11 is 6.94. The van der Waals surface area contributed by atoms with E-state index in [0.29, 0.717) is 43.1 Å². The molecule has 3 aromatic heterocycles. The fourth-order valence-electron chi connectivity index (χ4n) is 3.42. The van der Waals surface area contributed by atoms with Crippen molar-refractivity contribution in [1.29, 1.82) is 0 Å². The minimum absolute atomic E-state index is 0.195. The van der Waals surface area contributed by atoms with E-state index < -0.39 is 5.91 Å². The Morgan fingerprint density at radius 2 is 1.82 bits per heavy atom. The molecule has 0 bridgehead atoms. The van der Waals surface area contributed by atoms with Gasteiger partial charge in [0.2, 0.25) is 5.91 Å². The van der Waals surface area contributed by atoms with Gasteiger partial charge in [-0.05, 0) is 48.2 Å². The highest BCUT2D eigenvalue weighted by Gasteiger charge is 2.20. The third kappa shape index (κ3) is 5.00. The first-order valence-corrected chi connectivity index (χ1v) is 11.7. The van der Waals surface area contributed by atoms with Crippen molar-refractivity contribution < 1.29 is 9.59 Å². The van der Waals surface area contributed by atoms with Crippen molar-refractivity contribution in [2.45, 2.75) is 33.2 Å². The number of benzene rings is 1. The van der Waals surface area contributed by atoms with Crippen LogP contribution in [0, 0.1) is 6.92 Å². The molecule has 2 amide bonds. The highest BCUT2D eigenvalue weighted by atomic mass is 35.5. The van der Waals surface area contributed by atoms with Crippen LogP contribution in [-0.4, -0.2) is 26.3 Å². The number of hydrogen-bond acceptors (Lipinski definition) is 6. The molecule has 0 spiro atoms. The molecule has 3 heterocycles. The number of rotatable bonds is 6. The van der Waals surface area contributed by atoms with Crippen LogP contribution in [0.3, 0.4) is 0 Å². The second-order valence-corrected chi connectivity index (χ2v) is 9.49. The van der Waals surface area contributed by atoms with Gasteiger partial charge in [0.15, 0.2) is 0 Å². The van der Waals surface area contributed by atoms with Gasteiger partial charge in [-0.25, -0.2) is 9.97 Å². The molecule has 174 valence electrons. The second-order valence-electron chi connectivity index (χ2n) is 8.05. The molecule has 34 heavy (non-hydrogen) atoms. The van der Waals surface area contributed by atoms with Gasteiger partial charge in [-0.15, -0.1) is 11.3 Å². The number of amides is 2. The predicted molar refractivity (Wildman–Crippen MR) is 135 cm³/mol. The summed E-state index contributed by atoms with van der Waals surface area (Å²) in [6.07, 6.45) is 2.75. The number of thiophene rings is 1. The number of anilines is 2. The SMILES string of the molecule is Cc1c(C(=O)Nc2ccc(Cl)cn2)sc2ncn(CC(=O)Nc3ccc(C(C)C)cc3)c(=O)c12. The molecule has 2 N–H and O–H groups in total. The van der Waals surface area contributed by atoms with Gasteiger partial charge in [0.25, 0.3) is 11.5 Å². The summed E-state index contributed by atoms with van der Waals surface area (Å²) in [5, 5.41) is 6.26. The molecule has 0 fully saturated rings. The summed E-state index contributed by atoms with van der Waals surface area (Å²) in [5.41, 5.74) is 1.94. The number of carbonyl (C=O) groups is 2. The molecule has 0 radical (unpaired) electrons. The van der Waals surface area contributed by atoms with Crippen molar-refractivity contribution in [1.82, 2.24) is 14.5 Å². The quantitative estimate of drug-likeness (QED) is 0.398. The largest absolute Gasteiger partial charge is 0.325 e. The normalized spacial score (nSPS) is 11.1. The van der Waals surface area contributed by atoms with Crippen LogP contribution in [0.15, 0.2) is 53.7 Å². The van der Waals surface area contributed by atoms with E-state index in [0.717, 1.165) is 11.3 Å². The molecule has 10 heteroatoms. The zero-order valence-electron chi connectivity index (χ0n) is 18.8. The van der Waals surface area contributed by atoms with Crippen LogP contribution in [0.2, 0.25) is 5.02 Å². The zero-order valence-corrected chi connectivity index (χ0v) is 20.3. The summed E-state index contributed by atoms with van der Waals surface area (Å²) < 4.78 is 1.24. The van der Waals surface area contributed by atoms with Gasteiger partial charge in [0.1, 0.15) is 17.2 Å². The maximum atomic E-state index is 13.1. The maximum Gasteiger partial charge on any atom is 0.267 e. The Bertz CT molecular complexity index is 1430. The number of halogens is 1. The fourth-order valence-corrected chi connectivity index (χ4v) is 4.56. The topological polar surface area (TPSA) is 106 Å². The summed E-state index contributed by atoms with van der Waals surface area (Å²) in [6, 6.07) is 10.8. The van der Waals surface area contributed by atoms with Crippen LogP contribution in [0.1, 0.15) is 40.6 Å². The molecule has 0 aliphatic rings. The molecule has 0 atom stereocenters. The van der Waals surface area contributed by atoms with E-state index in [2.05, 4.69) is 34.4 Å². The molecule has 0 saturated heterocycles. The Morgan fingerprint density at radius 1 is 1.09 bits per heavy atom. The maximum absolute atomic E-state index is 13.1. The third-order valence-electron chi connectivity index (χ3n) is 5.27. The van der Waals surface area contributed by atoms with E-state index in [1.54, 1.807) is 19.1 Å². The lowest BCUT2D eigenvalue weighted by Crippen LogP contribution is -2.28. The Morgan fingerprint density at radius 3 is 2.47 bits per heavy atom. The van der Waals surface area contributed by atoms with E-state index in [1.165, 1.54) is 22.7 Å². The number of aromatic nitrogens is 3. The molecule has 0 aliphatic heterocycles. The lowest BCUT2D eigenvalue weighted by atomic mass is 10.0. The van der Waals surface area contributed by atoms with Gasteiger partial charge in [-0.2, -0.15) is 0 Å². The van der Waals surface area contributed by atoms with Gasteiger partial charge in [-0.3, -0.25) is 19.0 Å². The number of nitrogens with one attached hydrogen (secondary N) is 2. The minimum atomic E-state index is -0.399. The average molecular weight is 496 g/mol. The number of nitrogens with zero attached hydrogens (tertiary/aromatic N) is 3. The Kier molecular flexibility index (Phi) is 6.76. The van der Waals surface area contributed by atoms with Gasteiger partial charge < -0.3 is 10.6 Å². The number of pyridine rings is 1. The Hall–Kier alpha value is -3.56. The van der Waals surface area contributed by atoms with E-state index in [4.69, 9.17) is 11.6 Å². The fraction of sp³-hybridized carbons (Fsp3) is 0.208. The van der Waals surface area contributed by atoms with Gasteiger partial charge >= 0.3 is 0 Å². The van der Waals surface area contributed by atoms with Crippen LogP contribution in [-0.2, 0) is 11.3 Å². The van der Waals surface area contributed by atoms with Gasteiger partial charge in [0.05, 0.1) is 21.6 Å². The predicted octanol–water partition coefficient (Wildman–Crippen LogP) is 4.83. The number of carbonyl (C=O) groups excluding carboxylic acids is 2. The van der Waals surface area contributed by atoms with Crippen LogP contribution in [0.4, 0.5) is 11.5 Å². The van der Waals surface area contributed by atoms with Crippen molar-refractivity contribution >= 4 is 56.5 Å². The molecule has 0 saturated carbocycles. The average Bonchev–Trinajstić information content (AvgIpc) is 3.15. The summed E-state index contributed by atoms with van der Waals surface area (Å²) in [7, 11) is 0. The van der Waals surface area contributed by atoms with Crippen LogP contribution in [0.5, 0.6) is 0 Å². The van der Waals surface area contributed by atoms with E-state index >= 15 is 0 Å². The second kappa shape index (κ2) is 9.74. The molecule has 0 aliphatic carbocycles. The van der Waals surface area contributed by atoms with E-state index in [9.17, 15) is 14.4 Å². The Labute approximate surface area is 204 Å². The number of fused-ring (bicyclic) bond motifs is 1. The molecule has 4 rings (SSSR count). The summed E-state index contributed by atoms with van der Waals surface area (Å²) in [5.74, 6) is -0.0109. The standard InChI is InChI=1S/C24H22ClN5O3S/c1-13(2)15-4-7-17(8-5-15)28-19(31)11-30-12-27-23-20(24(30)33)14(3)21(34-23)22(32)29-18-9-6-16(25)10-26-18/h4-10,12-13H,11H2,1-3H3,(H,28,31)(H,26,29,32). The minimum Gasteiger partial charge on any atom is -0.325 e. The smallest absolute Gasteiger partial charge is 0.267 e. The summed E-state index contributed by atoms with van der Waals surface area (Å²) in [6.45, 7) is 5.68. The number of hydrogen-bond donors (Lipinski definition) is 2. The van der Waals surface area contributed by atoms with Gasteiger partial charge in [0, 0.05) is 11.9 Å². The molecule has 1 aromatic carbocycles. The Balaban J connectivity index is 1.53. The first-order chi connectivity index (χ1) is 16.2. The van der Waals surface area contributed by atoms with E-state index in [-0.39, 0.29) is 18.0 Å². The third-order valence-corrected chi connectivity index (χ3v) is 6.69. The molecular formula is C24H22ClN5O3S. The van der Waals surface area contributed by atoms with Crippen LogP contribution in [0.25, 0.3) is 10.2 Å².